The van der Waals surface area contributed by atoms with Gasteiger partial charge in [0.25, 0.3) is 11.6 Å². The molecular formula is C20H24N4O5S. The van der Waals surface area contributed by atoms with Crippen molar-refractivity contribution >= 4 is 27.3 Å². The number of piperazine rings is 1. The van der Waals surface area contributed by atoms with E-state index in [2.05, 4.69) is 10.2 Å². The molecule has 30 heavy (non-hydrogen) atoms. The van der Waals surface area contributed by atoms with Crippen molar-refractivity contribution < 1.29 is 18.1 Å². The van der Waals surface area contributed by atoms with Gasteiger partial charge in [0.15, 0.2) is 0 Å². The van der Waals surface area contributed by atoms with Gasteiger partial charge < -0.3 is 5.32 Å². The molecule has 0 saturated carbocycles. The van der Waals surface area contributed by atoms with Crippen LogP contribution in [0.2, 0.25) is 0 Å². The van der Waals surface area contributed by atoms with Crippen LogP contribution < -0.4 is 5.32 Å². The molecule has 1 N–H and O–H groups in total. The van der Waals surface area contributed by atoms with Gasteiger partial charge in [-0.1, -0.05) is 18.2 Å². The minimum atomic E-state index is -3.14. The molecule has 0 bridgehead atoms. The summed E-state index contributed by atoms with van der Waals surface area (Å²) in [6, 6.07) is 12.9. The van der Waals surface area contributed by atoms with Crippen molar-refractivity contribution in [3.8, 4) is 0 Å². The highest BCUT2D eigenvalue weighted by Gasteiger charge is 2.25. The van der Waals surface area contributed by atoms with Crippen LogP contribution in [0.3, 0.4) is 0 Å². The number of nitrogens with one attached hydrogen (secondary N) is 1. The molecule has 1 heterocycles. The summed E-state index contributed by atoms with van der Waals surface area (Å²) in [6.07, 6.45) is 0. The number of nitro groups is 1. The smallest absolute Gasteiger partial charge is 0.271 e. The fourth-order valence-electron chi connectivity index (χ4n) is 3.27. The largest absolute Gasteiger partial charge is 0.322 e. The van der Waals surface area contributed by atoms with Gasteiger partial charge in [0.05, 0.1) is 10.7 Å². The van der Waals surface area contributed by atoms with Crippen molar-refractivity contribution in [1.82, 2.24) is 9.21 Å². The first kappa shape index (κ1) is 21.9. The SMILES string of the molecule is CCS(=O)(=O)N1CCN(Cc2ccc(C(=O)Nc3cccc([N+](=O)[O-])c3)cc2)CC1. The van der Waals surface area contributed by atoms with Gasteiger partial charge >= 0.3 is 0 Å². The lowest BCUT2D eigenvalue weighted by Gasteiger charge is -2.33. The Balaban J connectivity index is 1.56. The first-order valence-electron chi connectivity index (χ1n) is 9.63. The topological polar surface area (TPSA) is 113 Å². The first-order valence-corrected chi connectivity index (χ1v) is 11.2. The number of anilines is 1. The molecule has 0 spiro atoms. The summed E-state index contributed by atoms with van der Waals surface area (Å²) >= 11 is 0. The van der Waals surface area contributed by atoms with E-state index in [-0.39, 0.29) is 17.3 Å². The third kappa shape index (κ3) is 5.41. The van der Waals surface area contributed by atoms with Gasteiger partial charge in [-0.05, 0) is 30.7 Å². The lowest BCUT2D eigenvalue weighted by molar-refractivity contribution is -0.384. The zero-order valence-electron chi connectivity index (χ0n) is 16.7. The van der Waals surface area contributed by atoms with E-state index >= 15 is 0 Å². The maximum absolute atomic E-state index is 12.4. The number of non-ortho nitro benzene ring substituents is 1. The van der Waals surface area contributed by atoms with E-state index in [4.69, 9.17) is 0 Å². The Bertz CT molecular complexity index is 1020. The Morgan fingerprint density at radius 1 is 1.10 bits per heavy atom. The quantitative estimate of drug-likeness (QED) is 0.531. The second-order valence-corrected chi connectivity index (χ2v) is 9.29. The van der Waals surface area contributed by atoms with Gasteiger partial charge in [0.2, 0.25) is 10.0 Å². The molecule has 160 valence electrons. The average molecular weight is 433 g/mol. The molecule has 9 nitrogen and oxygen atoms in total. The molecule has 2 aromatic carbocycles. The highest BCUT2D eigenvalue weighted by molar-refractivity contribution is 7.89. The molecule has 1 aliphatic rings. The molecule has 10 heteroatoms. The molecule has 1 amide bonds. The van der Waals surface area contributed by atoms with Crippen LogP contribution in [0.5, 0.6) is 0 Å². The van der Waals surface area contributed by atoms with Gasteiger partial charge in [-0.25, -0.2) is 8.42 Å². The average Bonchev–Trinajstić information content (AvgIpc) is 2.75. The number of carbonyl (C=O) groups excluding carboxylic acids is 1. The van der Waals surface area contributed by atoms with Crippen LogP contribution in [-0.2, 0) is 16.6 Å². The standard InChI is InChI=1S/C20H24N4O5S/c1-2-30(28,29)23-12-10-22(11-13-23)15-16-6-8-17(9-7-16)20(25)21-18-4-3-5-19(14-18)24(26)27/h3-9,14H,2,10-13,15H2,1H3,(H,21,25). The maximum Gasteiger partial charge on any atom is 0.271 e. The number of nitrogens with zero attached hydrogens (tertiary/aromatic N) is 3. The van der Waals surface area contributed by atoms with Gasteiger partial charge in [-0.15, -0.1) is 0 Å². The summed E-state index contributed by atoms with van der Waals surface area (Å²) in [7, 11) is -3.14. The third-order valence-corrected chi connectivity index (χ3v) is 6.91. The molecule has 2 aromatic rings. The van der Waals surface area contributed by atoms with Crippen molar-refractivity contribution in [1.29, 1.82) is 0 Å². The fraction of sp³-hybridized carbons (Fsp3) is 0.350. The maximum atomic E-state index is 12.4. The molecule has 0 aliphatic carbocycles. The molecule has 0 radical (unpaired) electrons. The summed E-state index contributed by atoms with van der Waals surface area (Å²) in [5.41, 5.74) is 1.74. The molecule has 1 fully saturated rings. The summed E-state index contributed by atoms with van der Waals surface area (Å²) in [4.78, 5) is 24.9. The van der Waals surface area contributed by atoms with Crippen molar-refractivity contribution in [2.24, 2.45) is 0 Å². The van der Waals surface area contributed by atoms with Gasteiger partial charge in [0, 0.05) is 56.1 Å². The highest BCUT2D eigenvalue weighted by Crippen LogP contribution is 2.18. The van der Waals surface area contributed by atoms with Gasteiger partial charge in [-0.3, -0.25) is 19.8 Å². The van der Waals surface area contributed by atoms with E-state index in [9.17, 15) is 23.3 Å². The van der Waals surface area contributed by atoms with Crippen molar-refractivity contribution in [3.05, 3.63) is 69.8 Å². The Morgan fingerprint density at radius 2 is 1.77 bits per heavy atom. The minimum Gasteiger partial charge on any atom is -0.322 e. The summed E-state index contributed by atoms with van der Waals surface area (Å²) < 4.78 is 25.4. The van der Waals surface area contributed by atoms with Crippen LogP contribution in [0, 0.1) is 10.1 Å². The minimum absolute atomic E-state index is 0.0880. The molecular weight excluding hydrogens is 408 g/mol. The summed E-state index contributed by atoms with van der Waals surface area (Å²) in [5.74, 6) is -0.229. The molecule has 0 atom stereocenters. The van der Waals surface area contributed by atoms with Gasteiger partial charge in [0.1, 0.15) is 0 Å². The predicted octanol–water partition coefficient (Wildman–Crippen LogP) is 2.31. The van der Waals surface area contributed by atoms with Crippen LogP contribution in [-0.4, -0.2) is 60.4 Å². The van der Waals surface area contributed by atoms with E-state index in [1.54, 1.807) is 25.1 Å². The Kier molecular flexibility index (Phi) is 6.80. The number of nitro benzene ring substituents is 1. The van der Waals surface area contributed by atoms with Gasteiger partial charge in [-0.2, -0.15) is 4.31 Å². The van der Waals surface area contributed by atoms with Crippen molar-refractivity contribution in [2.75, 3.05) is 37.2 Å². The molecule has 1 aliphatic heterocycles. The first-order chi connectivity index (χ1) is 14.3. The zero-order chi connectivity index (χ0) is 21.7. The number of benzene rings is 2. The number of rotatable bonds is 7. The van der Waals surface area contributed by atoms with Crippen molar-refractivity contribution in [2.45, 2.75) is 13.5 Å². The zero-order valence-corrected chi connectivity index (χ0v) is 17.5. The number of hydrogen-bond acceptors (Lipinski definition) is 6. The van der Waals surface area contributed by atoms with Crippen LogP contribution in [0.15, 0.2) is 48.5 Å². The van der Waals surface area contributed by atoms with Crippen LogP contribution in [0.25, 0.3) is 0 Å². The Hall–Kier alpha value is -2.82. The molecule has 3 rings (SSSR count). The summed E-state index contributed by atoms with van der Waals surface area (Å²) in [5, 5.41) is 13.5. The lowest BCUT2D eigenvalue weighted by atomic mass is 10.1. The number of hydrogen-bond donors (Lipinski definition) is 1. The number of carbonyl (C=O) groups is 1. The molecule has 0 unspecified atom stereocenters. The third-order valence-electron chi connectivity index (χ3n) is 5.03. The lowest BCUT2D eigenvalue weighted by Crippen LogP contribution is -2.48. The van der Waals surface area contributed by atoms with Crippen LogP contribution in [0.1, 0.15) is 22.8 Å². The van der Waals surface area contributed by atoms with Crippen LogP contribution >= 0.6 is 0 Å². The summed E-state index contributed by atoms with van der Waals surface area (Å²) in [6.45, 7) is 4.62. The second kappa shape index (κ2) is 9.33. The monoisotopic (exact) mass is 432 g/mol. The van der Waals surface area contributed by atoms with E-state index in [1.807, 2.05) is 12.1 Å². The van der Waals surface area contributed by atoms with Crippen LogP contribution in [0.4, 0.5) is 11.4 Å². The normalized spacial score (nSPS) is 15.6. The fourth-order valence-corrected chi connectivity index (χ4v) is 4.35. The van der Waals surface area contributed by atoms with E-state index < -0.39 is 14.9 Å². The highest BCUT2D eigenvalue weighted by atomic mass is 32.2. The molecule has 0 aromatic heterocycles. The predicted molar refractivity (Wildman–Crippen MR) is 114 cm³/mol. The Labute approximate surface area is 175 Å². The number of amides is 1. The second-order valence-electron chi connectivity index (χ2n) is 7.03. The molecule has 1 saturated heterocycles. The van der Waals surface area contributed by atoms with Crippen molar-refractivity contribution in [3.63, 3.8) is 0 Å². The van der Waals surface area contributed by atoms with E-state index in [0.29, 0.717) is 44.0 Å². The van der Waals surface area contributed by atoms with E-state index in [0.717, 1.165) is 5.56 Å². The number of sulfonamides is 1. The Morgan fingerprint density at radius 3 is 2.37 bits per heavy atom. The van der Waals surface area contributed by atoms with E-state index in [1.165, 1.54) is 22.5 Å².